The van der Waals surface area contributed by atoms with Crippen LogP contribution in [0.2, 0.25) is 0 Å². The van der Waals surface area contributed by atoms with Crippen LogP contribution in [0.5, 0.6) is 5.75 Å². The van der Waals surface area contributed by atoms with Crippen molar-refractivity contribution in [2.45, 2.75) is 104 Å². The van der Waals surface area contributed by atoms with Crippen molar-refractivity contribution >= 4 is 0 Å². The van der Waals surface area contributed by atoms with Crippen LogP contribution in [-0.4, -0.2) is 5.11 Å². The van der Waals surface area contributed by atoms with Crippen LogP contribution in [0.1, 0.15) is 103 Å². The zero-order chi connectivity index (χ0) is 17.1. The minimum absolute atomic E-state index is 0.0118. The molecule has 0 spiro atoms. The van der Waals surface area contributed by atoms with Gasteiger partial charge in [-0.05, 0) is 29.4 Å². The molecule has 0 fully saturated rings. The zero-order valence-electron chi connectivity index (χ0n) is 16.0. The molecule has 0 amide bonds. The quantitative estimate of drug-likeness (QED) is 0.429. The number of aromatic hydroxyl groups is 1. The first-order chi connectivity index (χ1) is 11.0. The Labute approximate surface area is 144 Å². The van der Waals surface area contributed by atoms with E-state index in [-0.39, 0.29) is 5.41 Å². The molecule has 0 saturated heterocycles. The fraction of sp³-hybridized carbons (Fsp3) is 0.727. The summed E-state index contributed by atoms with van der Waals surface area (Å²) in [6.45, 7) is 8.75. The second kappa shape index (κ2) is 10.7. The van der Waals surface area contributed by atoms with Crippen LogP contribution in [-0.2, 0) is 11.8 Å². The topological polar surface area (TPSA) is 20.2 Å². The standard InChI is InChI=1S/C22H38O/c1-5-6-7-8-9-10-11-12-13-14-16-19-17-15-18-20(21(19)23)22(2,3)4/h15,17-18,23H,5-14,16H2,1-4H3. The van der Waals surface area contributed by atoms with E-state index in [1.807, 2.05) is 0 Å². The number of aryl methyl sites for hydroxylation is 1. The highest BCUT2D eigenvalue weighted by Gasteiger charge is 2.19. The molecule has 0 aliphatic carbocycles. The molecule has 1 nitrogen and oxygen atoms in total. The fourth-order valence-corrected chi connectivity index (χ4v) is 3.20. The van der Waals surface area contributed by atoms with Gasteiger partial charge in [0.25, 0.3) is 0 Å². The van der Waals surface area contributed by atoms with Crippen LogP contribution in [0.25, 0.3) is 0 Å². The van der Waals surface area contributed by atoms with Crippen LogP contribution in [0, 0.1) is 0 Å². The Morgan fingerprint density at radius 2 is 1.30 bits per heavy atom. The number of para-hydroxylation sites is 1. The van der Waals surface area contributed by atoms with E-state index in [9.17, 15) is 5.11 Å². The van der Waals surface area contributed by atoms with E-state index in [1.165, 1.54) is 64.2 Å². The molecule has 1 aromatic rings. The maximum absolute atomic E-state index is 10.5. The van der Waals surface area contributed by atoms with Crippen molar-refractivity contribution in [1.82, 2.24) is 0 Å². The highest BCUT2D eigenvalue weighted by atomic mass is 16.3. The van der Waals surface area contributed by atoms with Gasteiger partial charge in [-0.2, -0.15) is 0 Å². The number of unbranched alkanes of at least 4 members (excludes halogenated alkanes) is 9. The van der Waals surface area contributed by atoms with Crippen LogP contribution in [0.3, 0.4) is 0 Å². The zero-order valence-corrected chi connectivity index (χ0v) is 16.0. The molecular weight excluding hydrogens is 280 g/mol. The first kappa shape index (κ1) is 20.1. The second-order valence-electron chi connectivity index (χ2n) is 8.00. The lowest BCUT2D eigenvalue weighted by Crippen LogP contribution is -2.11. The number of hydrogen-bond acceptors (Lipinski definition) is 1. The van der Waals surface area contributed by atoms with E-state index in [0.717, 1.165) is 17.5 Å². The van der Waals surface area contributed by atoms with Gasteiger partial charge in [0.05, 0.1) is 0 Å². The average molecular weight is 319 g/mol. The Hall–Kier alpha value is -0.980. The van der Waals surface area contributed by atoms with E-state index in [0.29, 0.717) is 5.75 Å². The maximum Gasteiger partial charge on any atom is 0.122 e. The Balaban J connectivity index is 2.19. The second-order valence-corrected chi connectivity index (χ2v) is 8.00. The smallest absolute Gasteiger partial charge is 0.122 e. The minimum Gasteiger partial charge on any atom is -0.507 e. The van der Waals surface area contributed by atoms with Crippen molar-refractivity contribution in [3.05, 3.63) is 29.3 Å². The lowest BCUT2D eigenvalue weighted by Gasteiger charge is -2.21. The number of hydrogen-bond donors (Lipinski definition) is 1. The third-order valence-corrected chi connectivity index (χ3v) is 4.73. The van der Waals surface area contributed by atoms with Gasteiger partial charge in [-0.25, -0.2) is 0 Å². The lowest BCUT2D eigenvalue weighted by atomic mass is 9.84. The molecule has 0 unspecified atom stereocenters. The number of benzene rings is 1. The van der Waals surface area contributed by atoms with Crippen molar-refractivity contribution in [3.8, 4) is 5.75 Å². The van der Waals surface area contributed by atoms with Gasteiger partial charge >= 0.3 is 0 Å². The van der Waals surface area contributed by atoms with Gasteiger partial charge in [0, 0.05) is 0 Å². The van der Waals surface area contributed by atoms with Gasteiger partial charge in [0.2, 0.25) is 0 Å². The molecule has 0 bridgehead atoms. The van der Waals surface area contributed by atoms with Gasteiger partial charge in [-0.1, -0.05) is 104 Å². The van der Waals surface area contributed by atoms with Crippen LogP contribution >= 0.6 is 0 Å². The molecule has 0 heterocycles. The molecule has 1 N–H and O–H groups in total. The highest BCUT2D eigenvalue weighted by Crippen LogP contribution is 2.33. The van der Waals surface area contributed by atoms with Crippen molar-refractivity contribution in [1.29, 1.82) is 0 Å². The van der Waals surface area contributed by atoms with Gasteiger partial charge in [-0.15, -0.1) is 0 Å². The molecule has 0 saturated carbocycles. The molecule has 0 aromatic heterocycles. The molecule has 0 aliphatic rings. The van der Waals surface area contributed by atoms with Crippen molar-refractivity contribution in [2.24, 2.45) is 0 Å². The Morgan fingerprint density at radius 1 is 0.783 bits per heavy atom. The minimum atomic E-state index is 0.0118. The van der Waals surface area contributed by atoms with Gasteiger partial charge < -0.3 is 5.11 Å². The van der Waals surface area contributed by atoms with E-state index in [4.69, 9.17) is 0 Å². The molecule has 0 radical (unpaired) electrons. The summed E-state index contributed by atoms with van der Waals surface area (Å²) in [5, 5.41) is 10.5. The summed E-state index contributed by atoms with van der Waals surface area (Å²) >= 11 is 0. The largest absolute Gasteiger partial charge is 0.507 e. The first-order valence-electron chi connectivity index (χ1n) is 9.78. The fourth-order valence-electron chi connectivity index (χ4n) is 3.20. The van der Waals surface area contributed by atoms with E-state index in [2.05, 4.69) is 45.9 Å². The molecular formula is C22H38O. The number of rotatable bonds is 11. The number of phenolic OH excluding ortho intramolecular Hbond substituents is 1. The normalized spacial score (nSPS) is 11.8. The Kier molecular flexibility index (Phi) is 9.36. The predicted octanol–water partition coefficient (Wildman–Crippen LogP) is 7.15. The van der Waals surface area contributed by atoms with Crippen LogP contribution < -0.4 is 0 Å². The molecule has 0 atom stereocenters. The summed E-state index contributed by atoms with van der Waals surface area (Å²) in [6.07, 6.45) is 14.6. The molecule has 0 aliphatic heterocycles. The third-order valence-electron chi connectivity index (χ3n) is 4.73. The SMILES string of the molecule is CCCCCCCCCCCCc1cccc(C(C)(C)C)c1O. The van der Waals surface area contributed by atoms with Crippen molar-refractivity contribution in [2.75, 3.05) is 0 Å². The van der Waals surface area contributed by atoms with E-state index in [1.54, 1.807) is 0 Å². The maximum atomic E-state index is 10.5. The van der Waals surface area contributed by atoms with Crippen LogP contribution in [0.15, 0.2) is 18.2 Å². The van der Waals surface area contributed by atoms with E-state index >= 15 is 0 Å². The highest BCUT2D eigenvalue weighted by molar-refractivity contribution is 5.44. The van der Waals surface area contributed by atoms with Gasteiger partial charge in [0.15, 0.2) is 0 Å². The molecule has 1 aromatic carbocycles. The average Bonchev–Trinajstić information content (AvgIpc) is 2.49. The molecule has 1 heteroatoms. The summed E-state index contributed by atoms with van der Waals surface area (Å²) in [4.78, 5) is 0. The summed E-state index contributed by atoms with van der Waals surface area (Å²) in [5.41, 5.74) is 2.21. The summed E-state index contributed by atoms with van der Waals surface area (Å²) in [5.74, 6) is 0.524. The summed E-state index contributed by atoms with van der Waals surface area (Å²) in [7, 11) is 0. The summed E-state index contributed by atoms with van der Waals surface area (Å²) in [6, 6.07) is 6.22. The molecule has 1 rings (SSSR count). The lowest BCUT2D eigenvalue weighted by molar-refractivity contribution is 0.438. The van der Waals surface area contributed by atoms with Crippen molar-refractivity contribution in [3.63, 3.8) is 0 Å². The molecule has 132 valence electrons. The predicted molar refractivity (Wildman–Crippen MR) is 102 cm³/mol. The van der Waals surface area contributed by atoms with Crippen molar-refractivity contribution < 1.29 is 5.11 Å². The number of phenols is 1. The Bertz CT molecular complexity index is 428. The van der Waals surface area contributed by atoms with Gasteiger partial charge in [-0.3, -0.25) is 0 Å². The molecule has 23 heavy (non-hydrogen) atoms. The third kappa shape index (κ3) is 7.90. The van der Waals surface area contributed by atoms with Gasteiger partial charge in [0.1, 0.15) is 5.75 Å². The first-order valence-corrected chi connectivity index (χ1v) is 9.78. The monoisotopic (exact) mass is 318 g/mol. The summed E-state index contributed by atoms with van der Waals surface area (Å²) < 4.78 is 0. The Morgan fingerprint density at radius 3 is 1.83 bits per heavy atom. The van der Waals surface area contributed by atoms with Crippen LogP contribution in [0.4, 0.5) is 0 Å². The van der Waals surface area contributed by atoms with E-state index < -0.39 is 0 Å².